The van der Waals surface area contributed by atoms with Gasteiger partial charge in [0.15, 0.2) is 5.84 Å². The summed E-state index contributed by atoms with van der Waals surface area (Å²) in [6.07, 6.45) is 2.56. The Morgan fingerprint density at radius 3 is 2.95 bits per heavy atom. The van der Waals surface area contributed by atoms with Crippen LogP contribution in [0.5, 0.6) is 5.75 Å². The summed E-state index contributed by atoms with van der Waals surface area (Å²) in [7, 11) is 2.10. The SMILES string of the molecule is CN(CCOc1ccc(Br)cc1/C(N)=N/O)C1CC1. The van der Waals surface area contributed by atoms with Gasteiger partial charge in [-0.1, -0.05) is 21.1 Å². The Morgan fingerprint density at radius 2 is 2.32 bits per heavy atom. The molecule has 104 valence electrons. The van der Waals surface area contributed by atoms with Gasteiger partial charge in [-0.2, -0.15) is 0 Å². The van der Waals surface area contributed by atoms with Gasteiger partial charge in [0.2, 0.25) is 0 Å². The first-order valence-electron chi connectivity index (χ1n) is 6.22. The molecule has 1 fully saturated rings. The molecule has 0 heterocycles. The van der Waals surface area contributed by atoms with Crippen LogP contribution in [0.4, 0.5) is 0 Å². The molecular formula is C13H18BrN3O2. The van der Waals surface area contributed by atoms with E-state index in [0.29, 0.717) is 17.9 Å². The van der Waals surface area contributed by atoms with Gasteiger partial charge in [-0.3, -0.25) is 0 Å². The zero-order valence-corrected chi connectivity index (χ0v) is 12.4. The number of benzene rings is 1. The van der Waals surface area contributed by atoms with Crippen molar-refractivity contribution in [1.82, 2.24) is 4.90 Å². The Balaban J connectivity index is 1.98. The Bertz CT molecular complexity index is 475. The second-order valence-electron chi connectivity index (χ2n) is 4.69. The van der Waals surface area contributed by atoms with E-state index in [9.17, 15) is 0 Å². The molecule has 3 N–H and O–H groups in total. The van der Waals surface area contributed by atoms with Crippen molar-refractivity contribution in [2.24, 2.45) is 10.9 Å². The van der Waals surface area contributed by atoms with Crippen LogP contribution in [0.2, 0.25) is 0 Å². The van der Waals surface area contributed by atoms with Crippen LogP contribution in [0.3, 0.4) is 0 Å². The first-order valence-corrected chi connectivity index (χ1v) is 7.01. The number of nitrogens with zero attached hydrogens (tertiary/aromatic N) is 2. The van der Waals surface area contributed by atoms with Crippen molar-refractivity contribution in [3.63, 3.8) is 0 Å². The van der Waals surface area contributed by atoms with Gasteiger partial charge in [0.05, 0.1) is 5.56 Å². The third-order valence-corrected chi connectivity index (χ3v) is 3.69. The number of hydrogen-bond acceptors (Lipinski definition) is 4. The smallest absolute Gasteiger partial charge is 0.173 e. The second-order valence-corrected chi connectivity index (χ2v) is 5.60. The highest BCUT2D eigenvalue weighted by molar-refractivity contribution is 9.10. The molecule has 0 unspecified atom stereocenters. The molecule has 0 spiro atoms. The molecule has 0 amide bonds. The van der Waals surface area contributed by atoms with E-state index in [4.69, 9.17) is 15.7 Å². The van der Waals surface area contributed by atoms with Crippen LogP contribution in [0.1, 0.15) is 18.4 Å². The summed E-state index contributed by atoms with van der Waals surface area (Å²) in [5.41, 5.74) is 6.23. The van der Waals surface area contributed by atoms with Crippen molar-refractivity contribution >= 4 is 21.8 Å². The Hall–Kier alpha value is -1.27. The highest BCUT2D eigenvalue weighted by Gasteiger charge is 2.25. The molecule has 0 bridgehead atoms. The number of amidine groups is 1. The summed E-state index contributed by atoms with van der Waals surface area (Å²) in [5, 5.41) is 11.8. The maximum atomic E-state index is 8.78. The molecule has 1 aliphatic rings. The zero-order chi connectivity index (χ0) is 13.8. The third kappa shape index (κ3) is 3.84. The quantitative estimate of drug-likeness (QED) is 0.363. The summed E-state index contributed by atoms with van der Waals surface area (Å²) in [5.74, 6) is 0.676. The highest BCUT2D eigenvalue weighted by Crippen LogP contribution is 2.26. The first kappa shape index (κ1) is 14.1. The molecule has 19 heavy (non-hydrogen) atoms. The summed E-state index contributed by atoms with van der Waals surface area (Å²) in [6, 6.07) is 6.18. The van der Waals surface area contributed by atoms with E-state index in [1.54, 1.807) is 6.07 Å². The van der Waals surface area contributed by atoms with Gasteiger partial charge in [0, 0.05) is 17.1 Å². The summed E-state index contributed by atoms with van der Waals surface area (Å²) >= 11 is 3.36. The largest absolute Gasteiger partial charge is 0.491 e. The number of rotatable bonds is 6. The van der Waals surface area contributed by atoms with Crippen LogP contribution in [0, 0.1) is 0 Å². The molecule has 0 radical (unpaired) electrons. The standard InChI is InChI=1S/C13H18BrN3O2/c1-17(10-3-4-10)6-7-19-12-5-2-9(14)8-11(12)13(15)16-18/h2,5,8,10,18H,3-4,6-7H2,1H3,(H2,15,16). The number of oxime groups is 1. The topological polar surface area (TPSA) is 71.1 Å². The third-order valence-electron chi connectivity index (χ3n) is 3.20. The van der Waals surface area contributed by atoms with E-state index in [2.05, 4.69) is 33.0 Å². The van der Waals surface area contributed by atoms with Gasteiger partial charge in [-0.25, -0.2) is 0 Å². The molecule has 1 saturated carbocycles. The van der Waals surface area contributed by atoms with Crippen LogP contribution >= 0.6 is 15.9 Å². The van der Waals surface area contributed by atoms with E-state index in [1.807, 2.05) is 12.1 Å². The average Bonchev–Trinajstić information content (AvgIpc) is 3.23. The molecule has 0 aromatic heterocycles. The Labute approximate surface area is 121 Å². The normalized spacial score (nSPS) is 15.8. The van der Waals surface area contributed by atoms with Crippen LogP contribution < -0.4 is 10.5 Å². The molecule has 1 aromatic rings. The molecule has 1 aromatic carbocycles. The second kappa shape index (κ2) is 6.25. The molecule has 6 heteroatoms. The monoisotopic (exact) mass is 327 g/mol. The zero-order valence-electron chi connectivity index (χ0n) is 10.8. The molecule has 0 aliphatic heterocycles. The maximum absolute atomic E-state index is 8.78. The molecule has 0 atom stereocenters. The highest BCUT2D eigenvalue weighted by atomic mass is 79.9. The van der Waals surface area contributed by atoms with Crippen LogP contribution in [-0.4, -0.2) is 42.2 Å². The summed E-state index contributed by atoms with van der Waals surface area (Å²) < 4.78 is 6.59. The fourth-order valence-electron chi connectivity index (χ4n) is 1.88. The van der Waals surface area contributed by atoms with Crippen molar-refractivity contribution in [1.29, 1.82) is 0 Å². The predicted molar refractivity (Wildman–Crippen MR) is 77.8 cm³/mol. The van der Waals surface area contributed by atoms with Crippen molar-refractivity contribution in [2.45, 2.75) is 18.9 Å². The van der Waals surface area contributed by atoms with Crippen LogP contribution in [-0.2, 0) is 0 Å². The predicted octanol–water partition coefficient (Wildman–Crippen LogP) is 2.02. The maximum Gasteiger partial charge on any atom is 0.173 e. The van der Waals surface area contributed by atoms with Crippen LogP contribution in [0.15, 0.2) is 27.8 Å². The van der Waals surface area contributed by atoms with Crippen LogP contribution in [0.25, 0.3) is 0 Å². The lowest BCUT2D eigenvalue weighted by molar-refractivity contribution is 0.231. The first-order chi connectivity index (χ1) is 9.11. The van der Waals surface area contributed by atoms with Gasteiger partial charge >= 0.3 is 0 Å². The minimum atomic E-state index is 0.0480. The van der Waals surface area contributed by atoms with E-state index in [0.717, 1.165) is 17.1 Å². The Kier molecular flexibility index (Phi) is 4.66. The van der Waals surface area contributed by atoms with Crippen molar-refractivity contribution in [3.8, 4) is 5.75 Å². The van der Waals surface area contributed by atoms with E-state index in [1.165, 1.54) is 12.8 Å². The number of nitrogens with two attached hydrogens (primary N) is 1. The van der Waals surface area contributed by atoms with Gasteiger partial charge < -0.3 is 20.6 Å². The van der Waals surface area contributed by atoms with E-state index < -0.39 is 0 Å². The minimum absolute atomic E-state index is 0.0480. The lowest BCUT2D eigenvalue weighted by atomic mass is 10.2. The van der Waals surface area contributed by atoms with Crippen molar-refractivity contribution in [2.75, 3.05) is 20.2 Å². The van der Waals surface area contributed by atoms with Crippen molar-refractivity contribution in [3.05, 3.63) is 28.2 Å². The molecule has 2 rings (SSSR count). The minimum Gasteiger partial charge on any atom is -0.491 e. The average molecular weight is 328 g/mol. The number of likely N-dealkylation sites (N-methyl/N-ethyl adjacent to an activating group) is 1. The molecule has 5 nitrogen and oxygen atoms in total. The molecule has 0 saturated heterocycles. The summed E-state index contributed by atoms with van der Waals surface area (Å²) in [6.45, 7) is 1.46. The fourth-order valence-corrected chi connectivity index (χ4v) is 2.24. The number of hydrogen-bond donors (Lipinski definition) is 2. The summed E-state index contributed by atoms with van der Waals surface area (Å²) in [4.78, 5) is 2.29. The van der Waals surface area contributed by atoms with E-state index >= 15 is 0 Å². The lowest BCUT2D eigenvalue weighted by Crippen LogP contribution is -2.26. The molecular weight excluding hydrogens is 310 g/mol. The number of ether oxygens (including phenoxy) is 1. The van der Waals surface area contributed by atoms with Gasteiger partial charge in [0.25, 0.3) is 0 Å². The number of halogens is 1. The lowest BCUT2D eigenvalue weighted by Gasteiger charge is -2.17. The van der Waals surface area contributed by atoms with Crippen molar-refractivity contribution < 1.29 is 9.94 Å². The van der Waals surface area contributed by atoms with E-state index in [-0.39, 0.29) is 5.84 Å². The molecule has 1 aliphatic carbocycles. The Morgan fingerprint density at radius 1 is 1.58 bits per heavy atom. The van der Waals surface area contributed by atoms with Gasteiger partial charge in [-0.05, 0) is 38.1 Å². The fraction of sp³-hybridized carbons (Fsp3) is 0.462. The van der Waals surface area contributed by atoms with Gasteiger partial charge in [0.1, 0.15) is 12.4 Å². The van der Waals surface area contributed by atoms with Gasteiger partial charge in [-0.15, -0.1) is 0 Å².